The molecule has 0 radical (unpaired) electrons. The molecule has 0 saturated carbocycles. The summed E-state index contributed by atoms with van der Waals surface area (Å²) in [6.45, 7) is 3.85. The second kappa shape index (κ2) is 11.3. The van der Waals surface area contributed by atoms with Crippen LogP contribution >= 0.6 is 0 Å². The second-order valence-corrected chi connectivity index (χ2v) is 7.43. The molecule has 2 amide bonds. The van der Waals surface area contributed by atoms with Crippen LogP contribution in [0, 0.1) is 5.92 Å². The minimum absolute atomic E-state index is 0.103. The number of carbonyl (C=O) groups excluding carboxylic acids is 2. The van der Waals surface area contributed by atoms with Crippen LogP contribution in [0.25, 0.3) is 0 Å². The van der Waals surface area contributed by atoms with Crippen molar-refractivity contribution in [1.82, 2.24) is 15.6 Å². The number of methoxy groups -OCH3 is 1. The summed E-state index contributed by atoms with van der Waals surface area (Å²) in [5.74, 6) is -0.913. The average molecular weight is 413 g/mol. The molecule has 0 saturated heterocycles. The van der Waals surface area contributed by atoms with E-state index in [1.807, 2.05) is 13.8 Å². The van der Waals surface area contributed by atoms with Gasteiger partial charge in [-0.25, -0.2) is 0 Å². The number of aromatic nitrogens is 1. The maximum Gasteiger partial charge on any atom is 0.475 e. The molecule has 0 spiro atoms. The molecule has 160 valence electrons. The monoisotopic (exact) mass is 413 g/mol. The summed E-state index contributed by atoms with van der Waals surface area (Å²) >= 11 is 0. The fourth-order valence-corrected chi connectivity index (χ4v) is 3.15. The lowest BCUT2D eigenvalue weighted by Crippen LogP contribution is -2.48. The fourth-order valence-electron chi connectivity index (χ4n) is 3.15. The van der Waals surface area contributed by atoms with Crippen molar-refractivity contribution in [1.29, 1.82) is 0 Å². The Morgan fingerprint density at radius 3 is 2.47 bits per heavy atom. The van der Waals surface area contributed by atoms with Crippen LogP contribution in [-0.4, -0.2) is 47.0 Å². The standard InChI is InChI=1S/C21H28BN3O5/c1-14(2)11-19(22(28)29)25-20(26)12-17(16-8-4-5-9-18(16)30-3)24-21(27)15-7-6-10-23-13-15/h4-10,13-14,17,19,28-29H,11-12H2,1-3H3,(H,24,27)(H,25,26). The molecule has 1 aromatic carbocycles. The molecule has 2 atom stereocenters. The third-order valence-corrected chi connectivity index (χ3v) is 4.56. The van der Waals surface area contributed by atoms with Gasteiger partial charge in [0.2, 0.25) is 5.91 Å². The normalized spacial score (nSPS) is 12.7. The van der Waals surface area contributed by atoms with E-state index in [0.717, 1.165) is 0 Å². The predicted molar refractivity (Wildman–Crippen MR) is 114 cm³/mol. The maximum atomic E-state index is 12.7. The Morgan fingerprint density at radius 1 is 1.13 bits per heavy atom. The number of benzene rings is 1. The van der Waals surface area contributed by atoms with E-state index in [2.05, 4.69) is 15.6 Å². The van der Waals surface area contributed by atoms with Gasteiger partial charge in [0.25, 0.3) is 5.91 Å². The van der Waals surface area contributed by atoms with Crippen molar-refractivity contribution in [2.75, 3.05) is 7.11 Å². The summed E-state index contributed by atoms with van der Waals surface area (Å²) in [4.78, 5) is 29.3. The van der Waals surface area contributed by atoms with Crippen LogP contribution in [0.1, 0.15) is 48.7 Å². The van der Waals surface area contributed by atoms with E-state index in [4.69, 9.17) is 4.74 Å². The first kappa shape index (κ1) is 23.4. The van der Waals surface area contributed by atoms with Gasteiger partial charge < -0.3 is 25.4 Å². The molecule has 2 aromatic rings. The number of rotatable bonds is 10. The molecule has 1 aromatic heterocycles. The predicted octanol–water partition coefficient (Wildman–Crippen LogP) is 1.49. The quantitative estimate of drug-likeness (QED) is 0.438. The van der Waals surface area contributed by atoms with Gasteiger partial charge in [-0.05, 0) is 30.5 Å². The highest BCUT2D eigenvalue weighted by atomic mass is 16.5. The Kier molecular flexibility index (Phi) is 8.82. The van der Waals surface area contributed by atoms with Gasteiger partial charge in [0.15, 0.2) is 0 Å². The van der Waals surface area contributed by atoms with Crippen molar-refractivity contribution in [3.8, 4) is 5.75 Å². The Hall–Kier alpha value is -2.91. The molecule has 0 fully saturated rings. The Morgan fingerprint density at radius 2 is 1.87 bits per heavy atom. The van der Waals surface area contributed by atoms with E-state index in [-0.39, 0.29) is 18.2 Å². The van der Waals surface area contributed by atoms with Gasteiger partial charge in [0.1, 0.15) is 5.75 Å². The summed E-state index contributed by atoms with van der Waals surface area (Å²) in [6.07, 6.45) is 3.31. The second-order valence-electron chi connectivity index (χ2n) is 7.43. The Balaban J connectivity index is 2.22. The number of carbonyl (C=O) groups is 2. The molecule has 0 aliphatic rings. The van der Waals surface area contributed by atoms with Crippen LogP contribution in [0.2, 0.25) is 0 Å². The highest BCUT2D eigenvalue weighted by Gasteiger charge is 2.28. The largest absolute Gasteiger partial charge is 0.496 e. The third-order valence-electron chi connectivity index (χ3n) is 4.56. The van der Waals surface area contributed by atoms with Gasteiger partial charge in [-0.3, -0.25) is 14.6 Å². The first-order valence-corrected chi connectivity index (χ1v) is 9.81. The van der Waals surface area contributed by atoms with Crippen molar-refractivity contribution in [3.63, 3.8) is 0 Å². The number of para-hydroxylation sites is 1. The zero-order valence-corrected chi connectivity index (χ0v) is 17.4. The highest BCUT2D eigenvalue weighted by molar-refractivity contribution is 6.43. The highest BCUT2D eigenvalue weighted by Crippen LogP contribution is 2.27. The van der Waals surface area contributed by atoms with Gasteiger partial charge in [-0.1, -0.05) is 32.0 Å². The van der Waals surface area contributed by atoms with Crippen LogP contribution in [-0.2, 0) is 4.79 Å². The molecule has 2 unspecified atom stereocenters. The van der Waals surface area contributed by atoms with Crippen molar-refractivity contribution in [3.05, 3.63) is 59.9 Å². The lowest BCUT2D eigenvalue weighted by Gasteiger charge is -2.24. The van der Waals surface area contributed by atoms with Crippen LogP contribution in [0.3, 0.4) is 0 Å². The SMILES string of the molecule is COc1ccccc1C(CC(=O)NC(CC(C)C)B(O)O)NC(=O)c1cccnc1. The molecule has 2 rings (SSSR count). The van der Waals surface area contributed by atoms with E-state index in [9.17, 15) is 19.6 Å². The van der Waals surface area contributed by atoms with E-state index >= 15 is 0 Å². The molecule has 4 N–H and O–H groups in total. The van der Waals surface area contributed by atoms with Gasteiger partial charge >= 0.3 is 7.12 Å². The smallest absolute Gasteiger partial charge is 0.475 e. The van der Waals surface area contributed by atoms with Crippen LogP contribution in [0.5, 0.6) is 5.75 Å². The van der Waals surface area contributed by atoms with Crippen LogP contribution in [0.4, 0.5) is 0 Å². The summed E-state index contributed by atoms with van der Waals surface area (Å²) < 4.78 is 5.39. The number of nitrogens with zero attached hydrogens (tertiary/aromatic N) is 1. The van der Waals surface area contributed by atoms with Gasteiger partial charge in [0.05, 0.1) is 31.1 Å². The van der Waals surface area contributed by atoms with Crippen molar-refractivity contribution < 1.29 is 24.4 Å². The summed E-state index contributed by atoms with van der Waals surface area (Å²) in [5.41, 5.74) is 0.999. The summed E-state index contributed by atoms with van der Waals surface area (Å²) in [5, 5.41) is 24.7. The Bertz CT molecular complexity index is 832. The molecule has 9 heteroatoms. The topological polar surface area (TPSA) is 121 Å². The number of ether oxygens (including phenoxy) is 1. The lowest BCUT2D eigenvalue weighted by molar-refractivity contribution is -0.122. The van der Waals surface area contributed by atoms with Gasteiger partial charge in [-0.2, -0.15) is 0 Å². The molecule has 1 heterocycles. The Labute approximate surface area is 176 Å². The van der Waals surface area contributed by atoms with Crippen molar-refractivity contribution >= 4 is 18.9 Å². The van der Waals surface area contributed by atoms with Crippen molar-refractivity contribution in [2.24, 2.45) is 5.92 Å². The minimum Gasteiger partial charge on any atom is -0.496 e. The molecular formula is C21H28BN3O5. The molecule has 0 aliphatic carbocycles. The zero-order valence-electron chi connectivity index (χ0n) is 17.4. The number of hydrogen-bond donors (Lipinski definition) is 4. The summed E-state index contributed by atoms with van der Waals surface area (Å²) in [7, 11) is -0.161. The number of hydrogen-bond acceptors (Lipinski definition) is 6. The molecule has 0 bridgehead atoms. The van der Waals surface area contributed by atoms with Crippen LogP contribution < -0.4 is 15.4 Å². The number of pyridine rings is 1. The number of nitrogens with one attached hydrogen (secondary N) is 2. The van der Waals surface area contributed by atoms with Crippen LogP contribution in [0.15, 0.2) is 48.8 Å². The number of amides is 2. The van der Waals surface area contributed by atoms with E-state index in [1.165, 1.54) is 13.3 Å². The lowest BCUT2D eigenvalue weighted by atomic mass is 9.75. The van der Waals surface area contributed by atoms with E-state index < -0.39 is 25.0 Å². The van der Waals surface area contributed by atoms with Crippen molar-refractivity contribution in [2.45, 2.75) is 38.7 Å². The summed E-state index contributed by atoms with van der Waals surface area (Å²) in [6, 6.07) is 9.69. The molecule has 30 heavy (non-hydrogen) atoms. The van der Waals surface area contributed by atoms with Gasteiger partial charge in [0, 0.05) is 18.0 Å². The molecule has 0 aliphatic heterocycles. The molecular weight excluding hydrogens is 385 g/mol. The molecule has 8 nitrogen and oxygen atoms in total. The zero-order chi connectivity index (χ0) is 22.1. The first-order chi connectivity index (χ1) is 14.3. The first-order valence-electron chi connectivity index (χ1n) is 9.81. The van der Waals surface area contributed by atoms with Gasteiger partial charge in [-0.15, -0.1) is 0 Å². The fraction of sp³-hybridized carbons (Fsp3) is 0.381. The minimum atomic E-state index is -1.67. The average Bonchev–Trinajstić information content (AvgIpc) is 2.72. The van der Waals surface area contributed by atoms with E-state index in [0.29, 0.717) is 23.3 Å². The van der Waals surface area contributed by atoms with E-state index in [1.54, 1.807) is 42.6 Å². The maximum absolute atomic E-state index is 12.7. The third kappa shape index (κ3) is 6.86.